The number of benzene rings is 2. The van der Waals surface area contributed by atoms with Crippen molar-refractivity contribution in [3.05, 3.63) is 74.8 Å². The largest absolute Gasteiger partial charge is 0.292 e. The third kappa shape index (κ3) is 2.47. The Morgan fingerprint density at radius 2 is 2.09 bits per heavy atom. The zero-order chi connectivity index (χ0) is 16.0. The molecule has 0 saturated carbocycles. The zero-order valence-electron chi connectivity index (χ0n) is 12.7. The Bertz CT molecular complexity index is 1020. The molecule has 0 bridgehead atoms. The summed E-state index contributed by atoms with van der Waals surface area (Å²) in [6.45, 7) is 2.74. The summed E-state index contributed by atoms with van der Waals surface area (Å²) in [6.07, 6.45) is 2.94. The first-order valence-electron chi connectivity index (χ1n) is 7.59. The van der Waals surface area contributed by atoms with E-state index in [0.29, 0.717) is 22.5 Å². The van der Waals surface area contributed by atoms with E-state index in [4.69, 9.17) is 16.6 Å². The molecule has 23 heavy (non-hydrogen) atoms. The highest BCUT2D eigenvalue weighted by Crippen LogP contribution is 2.28. The third-order valence-electron chi connectivity index (χ3n) is 4.19. The van der Waals surface area contributed by atoms with Crippen LogP contribution in [0.5, 0.6) is 0 Å². The Labute approximate surface area is 138 Å². The molecule has 2 aromatic carbocycles. The summed E-state index contributed by atoms with van der Waals surface area (Å²) in [6, 6.07) is 13.6. The smallest absolute Gasteiger partial charge is 0.261 e. The monoisotopic (exact) mass is 322 g/mol. The van der Waals surface area contributed by atoms with Crippen molar-refractivity contribution in [3.8, 4) is 0 Å². The maximum atomic E-state index is 12.7. The van der Waals surface area contributed by atoms with Crippen molar-refractivity contribution < 1.29 is 0 Å². The molecule has 1 aliphatic rings. The number of aryl methyl sites for hydroxylation is 1. The molecule has 0 fully saturated rings. The standard InChI is InChI=1S/C19H15ClN2O/c1-12-3-2-4-13(9-12)10-14-7-8-22-18(14)21-17-6-5-15(20)11-16(17)19(22)23/h2-6,9-11H,7-8H2,1H3/b14-10+. The molecule has 3 aromatic rings. The van der Waals surface area contributed by atoms with Gasteiger partial charge in [-0.05, 0) is 48.8 Å². The third-order valence-corrected chi connectivity index (χ3v) is 4.43. The molecular formula is C19H15ClN2O. The first kappa shape index (κ1) is 14.2. The lowest BCUT2D eigenvalue weighted by Crippen LogP contribution is -2.20. The van der Waals surface area contributed by atoms with Gasteiger partial charge in [0.25, 0.3) is 5.56 Å². The van der Waals surface area contributed by atoms with Gasteiger partial charge in [-0.25, -0.2) is 4.98 Å². The van der Waals surface area contributed by atoms with E-state index in [1.165, 1.54) is 5.56 Å². The fraction of sp³-hybridized carbons (Fsp3) is 0.158. The second kappa shape index (κ2) is 5.36. The van der Waals surface area contributed by atoms with E-state index < -0.39 is 0 Å². The molecular weight excluding hydrogens is 308 g/mol. The molecule has 0 aliphatic carbocycles. The van der Waals surface area contributed by atoms with Gasteiger partial charge in [0.05, 0.1) is 10.9 Å². The van der Waals surface area contributed by atoms with Crippen molar-refractivity contribution in [2.24, 2.45) is 0 Å². The van der Waals surface area contributed by atoms with E-state index in [1.54, 1.807) is 16.7 Å². The molecule has 0 amide bonds. The van der Waals surface area contributed by atoms with E-state index >= 15 is 0 Å². The quantitative estimate of drug-likeness (QED) is 0.669. The van der Waals surface area contributed by atoms with Gasteiger partial charge >= 0.3 is 0 Å². The second-order valence-corrected chi connectivity index (χ2v) is 6.32. The van der Waals surface area contributed by atoms with Gasteiger partial charge in [-0.3, -0.25) is 9.36 Å². The number of rotatable bonds is 1. The molecule has 0 N–H and O–H groups in total. The van der Waals surface area contributed by atoms with Crippen molar-refractivity contribution >= 4 is 34.2 Å². The number of aromatic nitrogens is 2. The fourth-order valence-corrected chi connectivity index (χ4v) is 3.26. The molecule has 0 radical (unpaired) electrons. The van der Waals surface area contributed by atoms with Gasteiger partial charge in [0.1, 0.15) is 5.82 Å². The fourth-order valence-electron chi connectivity index (χ4n) is 3.09. The number of hydrogen-bond acceptors (Lipinski definition) is 2. The Hall–Kier alpha value is -2.39. The van der Waals surface area contributed by atoms with Crippen molar-refractivity contribution in [1.29, 1.82) is 0 Å². The molecule has 2 heterocycles. The molecule has 114 valence electrons. The van der Waals surface area contributed by atoms with Gasteiger partial charge in [-0.15, -0.1) is 0 Å². The summed E-state index contributed by atoms with van der Waals surface area (Å²) in [5, 5.41) is 1.14. The maximum absolute atomic E-state index is 12.7. The Morgan fingerprint density at radius 3 is 2.91 bits per heavy atom. The molecule has 4 heteroatoms. The van der Waals surface area contributed by atoms with Crippen LogP contribution in [0.2, 0.25) is 5.02 Å². The molecule has 3 nitrogen and oxygen atoms in total. The summed E-state index contributed by atoms with van der Waals surface area (Å²) in [7, 11) is 0. The molecule has 1 aromatic heterocycles. The van der Waals surface area contributed by atoms with Crippen LogP contribution >= 0.6 is 11.6 Å². The van der Waals surface area contributed by atoms with Crippen LogP contribution in [0.1, 0.15) is 23.4 Å². The van der Waals surface area contributed by atoms with Gasteiger partial charge in [0.2, 0.25) is 0 Å². The molecule has 1 aliphatic heterocycles. The normalized spacial score (nSPS) is 15.3. The summed E-state index contributed by atoms with van der Waals surface area (Å²) >= 11 is 6.01. The average Bonchev–Trinajstić information content (AvgIpc) is 2.92. The summed E-state index contributed by atoms with van der Waals surface area (Å²) < 4.78 is 1.75. The lowest BCUT2D eigenvalue weighted by atomic mass is 10.1. The zero-order valence-corrected chi connectivity index (χ0v) is 13.5. The van der Waals surface area contributed by atoms with Gasteiger partial charge in [-0.2, -0.15) is 0 Å². The highest BCUT2D eigenvalue weighted by molar-refractivity contribution is 6.31. The summed E-state index contributed by atoms with van der Waals surface area (Å²) in [5.41, 5.74) is 4.14. The molecule has 0 spiro atoms. The van der Waals surface area contributed by atoms with Crippen molar-refractivity contribution in [2.75, 3.05) is 0 Å². The molecule has 4 rings (SSSR count). The lowest BCUT2D eigenvalue weighted by Gasteiger charge is -2.06. The van der Waals surface area contributed by atoms with E-state index in [1.807, 2.05) is 12.1 Å². The van der Waals surface area contributed by atoms with E-state index in [0.717, 1.165) is 23.4 Å². The number of nitrogens with zero attached hydrogens (tertiary/aromatic N) is 2. The van der Waals surface area contributed by atoms with Crippen LogP contribution in [0, 0.1) is 6.92 Å². The van der Waals surface area contributed by atoms with E-state index in [9.17, 15) is 4.79 Å². The Balaban J connectivity index is 1.90. The predicted molar refractivity (Wildman–Crippen MR) is 94.7 cm³/mol. The topological polar surface area (TPSA) is 34.9 Å². The van der Waals surface area contributed by atoms with Crippen LogP contribution < -0.4 is 5.56 Å². The minimum atomic E-state index is -0.0138. The number of halogens is 1. The molecule has 0 unspecified atom stereocenters. The van der Waals surface area contributed by atoms with Crippen LogP contribution in [-0.2, 0) is 6.54 Å². The number of hydrogen-bond donors (Lipinski definition) is 0. The van der Waals surface area contributed by atoms with E-state index in [-0.39, 0.29) is 5.56 Å². The number of fused-ring (bicyclic) bond motifs is 2. The van der Waals surface area contributed by atoms with Gasteiger partial charge in [0, 0.05) is 11.6 Å². The first-order valence-corrected chi connectivity index (χ1v) is 7.97. The summed E-state index contributed by atoms with van der Waals surface area (Å²) in [5.74, 6) is 0.770. The van der Waals surface area contributed by atoms with Gasteiger partial charge in [-0.1, -0.05) is 41.4 Å². The molecule has 0 saturated heterocycles. The van der Waals surface area contributed by atoms with Gasteiger partial charge in [0.15, 0.2) is 0 Å². The average molecular weight is 323 g/mol. The van der Waals surface area contributed by atoms with E-state index in [2.05, 4.69) is 31.2 Å². The second-order valence-electron chi connectivity index (χ2n) is 5.89. The van der Waals surface area contributed by atoms with Crippen LogP contribution in [0.25, 0.3) is 22.6 Å². The van der Waals surface area contributed by atoms with Crippen molar-refractivity contribution in [3.63, 3.8) is 0 Å². The Kier molecular flexibility index (Phi) is 3.31. The van der Waals surface area contributed by atoms with Crippen molar-refractivity contribution in [1.82, 2.24) is 9.55 Å². The Morgan fingerprint density at radius 1 is 1.22 bits per heavy atom. The van der Waals surface area contributed by atoms with Crippen LogP contribution in [-0.4, -0.2) is 9.55 Å². The molecule has 0 atom stereocenters. The van der Waals surface area contributed by atoms with Gasteiger partial charge < -0.3 is 0 Å². The minimum absolute atomic E-state index is 0.0138. The maximum Gasteiger partial charge on any atom is 0.261 e. The number of allylic oxidation sites excluding steroid dienone is 1. The first-order chi connectivity index (χ1) is 11.1. The minimum Gasteiger partial charge on any atom is -0.292 e. The highest BCUT2D eigenvalue weighted by atomic mass is 35.5. The SMILES string of the molecule is Cc1cccc(/C=C2\CCn3c2nc2ccc(Cl)cc2c3=O)c1. The summed E-state index contributed by atoms with van der Waals surface area (Å²) in [4.78, 5) is 17.4. The van der Waals surface area contributed by atoms with Crippen LogP contribution in [0.3, 0.4) is 0 Å². The predicted octanol–water partition coefficient (Wildman–Crippen LogP) is 4.30. The van der Waals surface area contributed by atoms with Crippen LogP contribution in [0.4, 0.5) is 0 Å². The van der Waals surface area contributed by atoms with Crippen molar-refractivity contribution in [2.45, 2.75) is 19.9 Å². The van der Waals surface area contributed by atoms with Crippen LogP contribution in [0.15, 0.2) is 47.3 Å². The lowest BCUT2D eigenvalue weighted by molar-refractivity contribution is 0.725. The highest BCUT2D eigenvalue weighted by Gasteiger charge is 2.20.